The molecule has 0 aliphatic rings. The number of thiocarbonyl (C=S) groups is 1. The molecule has 0 unspecified atom stereocenters. The van der Waals surface area contributed by atoms with Gasteiger partial charge in [0.25, 0.3) is 0 Å². The molecule has 0 aliphatic carbocycles. The maximum absolute atomic E-state index is 12.1. The first-order valence-corrected chi connectivity index (χ1v) is 7.08. The van der Waals surface area contributed by atoms with E-state index in [1.165, 1.54) is 0 Å². The maximum atomic E-state index is 12.1. The predicted octanol–water partition coefficient (Wildman–Crippen LogP) is 1.27. The van der Waals surface area contributed by atoms with Crippen molar-refractivity contribution in [2.45, 2.75) is 12.8 Å². The van der Waals surface area contributed by atoms with Crippen LogP contribution in [-0.4, -0.2) is 54.9 Å². The van der Waals surface area contributed by atoms with Gasteiger partial charge in [-0.2, -0.15) is 0 Å². The van der Waals surface area contributed by atoms with Crippen molar-refractivity contribution < 1.29 is 4.79 Å². The third-order valence-corrected chi connectivity index (χ3v) is 3.35. The van der Waals surface area contributed by atoms with Crippen LogP contribution in [0.5, 0.6) is 0 Å². The number of hydrogen-bond donors (Lipinski definition) is 1. The number of carbonyl (C=O) groups is 1. The van der Waals surface area contributed by atoms with Gasteiger partial charge >= 0.3 is 0 Å². The number of nitrogens with two attached hydrogens (primary N) is 1. The lowest BCUT2D eigenvalue weighted by Gasteiger charge is -2.18. The van der Waals surface area contributed by atoms with E-state index in [4.69, 9.17) is 18.0 Å². The summed E-state index contributed by atoms with van der Waals surface area (Å²) < 4.78 is 0. The summed E-state index contributed by atoms with van der Waals surface area (Å²) in [5, 5.41) is 0. The SMILES string of the molecule is CN(C)CCCN(C)C(=O)Cc1ccc(C(N)=S)cc1. The van der Waals surface area contributed by atoms with E-state index in [0.717, 1.165) is 30.6 Å². The lowest BCUT2D eigenvalue weighted by Crippen LogP contribution is -2.30. The van der Waals surface area contributed by atoms with E-state index < -0.39 is 0 Å². The van der Waals surface area contributed by atoms with Crippen LogP contribution in [0.15, 0.2) is 24.3 Å². The van der Waals surface area contributed by atoms with Gasteiger partial charge in [-0.25, -0.2) is 0 Å². The fourth-order valence-electron chi connectivity index (χ4n) is 1.85. The summed E-state index contributed by atoms with van der Waals surface area (Å²) in [6.45, 7) is 1.77. The normalized spacial score (nSPS) is 10.6. The number of likely N-dealkylation sites (N-methyl/N-ethyl adjacent to an activating group) is 1. The highest BCUT2D eigenvalue weighted by Crippen LogP contribution is 2.06. The van der Waals surface area contributed by atoms with Crippen LogP contribution >= 0.6 is 12.2 Å². The Morgan fingerprint density at radius 2 is 1.75 bits per heavy atom. The molecule has 1 aromatic rings. The van der Waals surface area contributed by atoms with Gasteiger partial charge in [0, 0.05) is 19.2 Å². The molecule has 0 atom stereocenters. The van der Waals surface area contributed by atoms with Crippen LogP contribution in [0.3, 0.4) is 0 Å². The zero-order valence-corrected chi connectivity index (χ0v) is 13.2. The number of carbonyl (C=O) groups excluding carboxylic acids is 1. The second-order valence-corrected chi connectivity index (χ2v) is 5.65. The van der Waals surface area contributed by atoms with Crippen LogP contribution in [0, 0.1) is 0 Å². The molecule has 4 nitrogen and oxygen atoms in total. The molecule has 2 N–H and O–H groups in total. The zero-order valence-electron chi connectivity index (χ0n) is 12.4. The smallest absolute Gasteiger partial charge is 0.226 e. The summed E-state index contributed by atoms with van der Waals surface area (Å²) in [7, 11) is 5.91. The minimum atomic E-state index is 0.131. The Morgan fingerprint density at radius 3 is 2.25 bits per heavy atom. The van der Waals surface area contributed by atoms with Gasteiger partial charge in [-0.3, -0.25) is 4.79 Å². The highest BCUT2D eigenvalue weighted by Gasteiger charge is 2.09. The lowest BCUT2D eigenvalue weighted by molar-refractivity contribution is -0.129. The Labute approximate surface area is 126 Å². The molecule has 1 rings (SSSR count). The lowest BCUT2D eigenvalue weighted by atomic mass is 10.1. The molecule has 0 heterocycles. The van der Waals surface area contributed by atoms with E-state index in [1.807, 2.05) is 45.4 Å². The average Bonchev–Trinajstić information content (AvgIpc) is 2.38. The van der Waals surface area contributed by atoms with E-state index in [9.17, 15) is 4.79 Å². The molecule has 0 aromatic heterocycles. The van der Waals surface area contributed by atoms with Crippen molar-refractivity contribution in [1.29, 1.82) is 0 Å². The molecule has 0 saturated carbocycles. The van der Waals surface area contributed by atoms with E-state index in [2.05, 4.69) is 4.90 Å². The summed E-state index contributed by atoms with van der Waals surface area (Å²) in [4.78, 5) is 16.3. The molecule has 1 amide bonds. The highest BCUT2D eigenvalue weighted by molar-refractivity contribution is 7.80. The van der Waals surface area contributed by atoms with Gasteiger partial charge in [-0.1, -0.05) is 36.5 Å². The van der Waals surface area contributed by atoms with Crippen molar-refractivity contribution in [2.75, 3.05) is 34.2 Å². The molecule has 0 radical (unpaired) electrons. The number of benzene rings is 1. The fourth-order valence-corrected chi connectivity index (χ4v) is 1.98. The minimum absolute atomic E-state index is 0.131. The average molecular weight is 293 g/mol. The summed E-state index contributed by atoms with van der Waals surface area (Å²) in [6.07, 6.45) is 1.39. The third-order valence-electron chi connectivity index (χ3n) is 3.12. The molecule has 0 spiro atoms. The minimum Gasteiger partial charge on any atom is -0.389 e. The summed E-state index contributed by atoms with van der Waals surface area (Å²) in [5.74, 6) is 0.131. The third kappa shape index (κ3) is 5.67. The standard InChI is InChI=1S/C15H23N3OS/c1-17(2)9-4-10-18(3)14(19)11-12-5-7-13(8-6-12)15(16)20/h5-8H,4,9-11H2,1-3H3,(H2,16,20). The Kier molecular flexibility index (Phi) is 6.61. The molecular weight excluding hydrogens is 270 g/mol. The topological polar surface area (TPSA) is 49.6 Å². The van der Waals surface area contributed by atoms with Crippen LogP contribution < -0.4 is 5.73 Å². The first-order valence-electron chi connectivity index (χ1n) is 6.67. The molecular formula is C15H23N3OS. The molecule has 110 valence electrons. The molecule has 0 fully saturated rings. The number of nitrogens with zero attached hydrogens (tertiary/aromatic N) is 2. The van der Waals surface area contributed by atoms with Gasteiger partial charge in [-0.15, -0.1) is 0 Å². The van der Waals surface area contributed by atoms with Crippen LogP contribution in [0.4, 0.5) is 0 Å². The van der Waals surface area contributed by atoms with Gasteiger partial charge < -0.3 is 15.5 Å². The van der Waals surface area contributed by atoms with Crippen LogP contribution in [0.25, 0.3) is 0 Å². The first kappa shape index (κ1) is 16.6. The monoisotopic (exact) mass is 293 g/mol. The van der Waals surface area contributed by atoms with E-state index in [-0.39, 0.29) is 5.91 Å². The zero-order chi connectivity index (χ0) is 15.1. The maximum Gasteiger partial charge on any atom is 0.226 e. The second kappa shape index (κ2) is 7.97. The first-order chi connectivity index (χ1) is 9.40. The molecule has 1 aromatic carbocycles. The van der Waals surface area contributed by atoms with Gasteiger partial charge in [0.05, 0.1) is 6.42 Å². The van der Waals surface area contributed by atoms with Crippen molar-refractivity contribution in [3.05, 3.63) is 35.4 Å². The highest BCUT2D eigenvalue weighted by atomic mass is 32.1. The Bertz CT molecular complexity index is 457. The van der Waals surface area contributed by atoms with Crippen molar-refractivity contribution in [2.24, 2.45) is 5.73 Å². The number of hydrogen-bond acceptors (Lipinski definition) is 3. The molecule has 0 saturated heterocycles. The van der Waals surface area contributed by atoms with Gasteiger partial charge in [-0.05, 0) is 32.6 Å². The van der Waals surface area contributed by atoms with Crippen molar-refractivity contribution in [1.82, 2.24) is 9.80 Å². The van der Waals surface area contributed by atoms with E-state index in [0.29, 0.717) is 11.4 Å². The van der Waals surface area contributed by atoms with E-state index >= 15 is 0 Å². The van der Waals surface area contributed by atoms with Crippen molar-refractivity contribution in [3.63, 3.8) is 0 Å². The second-order valence-electron chi connectivity index (χ2n) is 5.21. The summed E-state index contributed by atoms with van der Waals surface area (Å²) >= 11 is 4.90. The van der Waals surface area contributed by atoms with Crippen LogP contribution in [0.1, 0.15) is 17.5 Å². The summed E-state index contributed by atoms with van der Waals surface area (Å²) in [5.41, 5.74) is 7.36. The predicted molar refractivity (Wildman–Crippen MR) is 86.8 cm³/mol. The largest absolute Gasteiger partial charge is 0.389 e. The number of amides is 1. The van der Waals surface area contributed by atoms with Crippen molar-refractivity contribution >= 4 is 23.1 Å². The summed E-state index contributed by atoms with van der Waals surface area (Å²) in [6, 6.07) is 7.52. The Hall–Kier alpha value is -1.46. The van der Waals surface area contributed by atoms with Gasteiger partial charge in [0.2, 0.25) is 5.91 Å². The molecule has 0 bridgehead atoms. The fraction of sp³-hybridized carbons (Fsp3) is 0.467. The Morgan fingerprint density at radius 1 is 1.15 bits per heavy atom. The van der Waals surface area contributed by atoms with Crippen molar-refractivity contribution in [3.8, 4) is 0 Å². The molecule has 0 aliphatic heterocycles. The molecule has 5 heteroatoms. The molecule has 20 heavy (non-hydrogen) atoms. The van der Waals surface area contributed by atoms with Crippen LogP contribution in [-0.2, 0) is 11.2 Å². The van der Waals surface area contributed by atoms with Crippen LogP contribution in [0.2, 0.25) is 0 Å². The quantitative estimate of drug-likeness (QED) is 0.769. The van der Waals surface area contributed by atoms with Gasteiger partial charge in [0.15, 0.2) is 0 Å². The van der Waals surface area contributed by atoms with Gasteiger partial charge in [0.1, 0.15) is 4.99 Å². The number of rotatable bonds is 7. The van der Waals surface area contributed by atoms with E-state index in [1.54, 1.807) is 4.90 Å². The Balaban J connectivity index is 2.46.